The third-order valence-electron chi connectivity index (χ3n) is 5.34. The monoisotopic (exact) mass is 391 g/mol. The molecule has 0 radical (unpaired) electrons. The highest BCUT2D eigenvalue weighted by atomic mass is 32.1. The summed E-state index contributed by atoms with van der Waals surface area (Å²) in [6, 6.07) is 0.464. The average Bonchev–Trinajstić information content (AvgIpc) is 3.09. The Hall–Kier alpha value is -1.63. The third-order valence-corrected chi connectivity index (χ3v) is 6.56. The van der Waals surface area contributed by atoms with Crippen molar-refractivity contribution in [3.63, 3.8) is 0 Å². The summed E-state index contributed by atoms with van der Waals surface area (Å²) in [6.45, 7) is 0.974. The number of aliphatic imine (C=N–C) groups is 1. The van der Waals surface area contributed by atoms with E-state index in [0.29, 0.717) is 6.04 Å². The minimum absolute atomic E-state index is 0.0207. The van der Waals surface area contributed by atoms with Gasteiger partial charge in [-0.05, 0) is 38.5 Å². The minimum Gasteiger partial charge on any atom is -0.356 e. The molecule has 7 heteroatoms. The molecule has 1 aromatic heterocycles. The summed E-state index contributed by atoms with van der Waals surface area (Å²) in [5, 5.41) is 8.18. The summed E-state index contributed by atoms with van der Waals surface area (Å²) >= 11 is 1.87. The highest BCUT2D eigenvalue weighted by molar-refractivity contribution is 7.11. The third kappa shape index (κ3) is 6.19. The van der Waals surface area contributed by atoms with Crippen LogP contribution in [-0.2, 0) is 24.1 Å². The molecule has 1 aromatic rings. The molecule has 1 saturated carbocycles. The number of guanidine groups is 1. The summed E-state index contributed by atoms with van der Waals surface area (Å²) in [5.41, 5.74) is 1.33. The number of amides is 1. The first kappa shape index (κ1) is 20.1. The number of carbonyl (C=O) groups is 1. The Balaban J connectivity index is 1.53. The molecule has 27 heavy (non-hydrogen) atoms. The maximum atomic E-state index is 11.9. The van der Waals surface area contributed by atoms with Crippen LogP contribution < -0.4 is 10.6 Å². The van der Waals surface area contributed by atoms with Gasteiger partial charge in [0.25, 0.3) is 0 Å². The molecule has 2 aliphatic rings. The second kappa shape index (κ2) is 10.1. The predicted octanol–water partition coefficient (Wildman–Crippen LogP) is 2.52. The van der Waals surface area contributed by atoms with Crippen LogP contribution in [0.15, 0.2) is 4.99 Å². The molecule has 150 valence electrons. The summed E-state index contributed by atoms with van der Waals surface area (Å²) in [4.78, 5) is 24.3. The molecule has 1 amide bonds. The quantitative estimate of drug-likeness (QED) is 0.577. The van der Waals surface area contributed by atoms with Crippen LogP contribution in [0.25, 0.3) is 0 Å². The lowest BCUT2D eigenvalue weighted by Crippen LogP contribution is -2.45. The zero-order chi connectivity index (χ0) is 19.1. The summed E-state index contributed by atoms with van der Waals surface area (Å²) < 4.78 is 0. The van der Waals surface area contributed by atoms with Gasteiger partial charge in [-0.3, -0.25) is 4.79 Å². The molecule has 2 N–H and O–H groups in total. The van der Waals surface area contributed by atoms with Gasteiger partial charge in [-0.2, -0.15) is 0 Å². The van der Waals surface area contributed by atoms with Gasteiger partial charge in [-0.1, -0.05) is 19.3 Å². The van der Waals surface area contributed by atoms with Crippen molar-refractivity contribution >= 4 is 23.2 Å². The van der Waals surface area contributed by atoms with Crippen LogP contribution in [0.5, 0.6) is 0 Å². The Kier molecular flexibility index (Phi) is 7.50. The number of hydrogen-bond donors (Lipinski definition) is 2. The van der Waals surface area contributed by atoms with Crippen LogP contribution in [0.2, 0.25) is 0 Å². The van der Waals surface area contributed by atoms with Crippen LogP contribution >= 0.6 is 11.3 Å². The first-order valence-corrected chi connectivity index (χ1v) is 11.2. The molecule has 1 fully saturated rings. The van der Waals surface area contributed by atoms with E-state index in [1.165, 1.54) is 66.9 Å². The molecule has 0 aromatic carbocycles. The van der Waals surface area contributed by atoms with Crippen LogP contribution in [0, 0.1) is 0 Å². The van der Waals surface area contributed by atoms with Crippen molar-refractivity contribution in [1.29, 1.82) is 0 Å². The normalized spacial score (nSPS) is 18.1. The van der Waals surface area contributed by atoms with E-state index in [1.807, 2.05) is 11.3 Å². The molecule has 2 aliphatic carbocycles. The zero-order valence-corrected chi connectivity index (χ0v) is 17.5. The maximum absolute atomic E-state index is 11.9. The number of nitrogens with zero attached hydrogens (tertiary/aromatic N) is 3. The van der Waals surface area contributed by atoms with Crippen molar-refractivity contribution in [2.75, 3.05) is 27.2 Å². The fraction of sp³-hybridized carbons (Fsp3) is 0.750. The fourth-order valence-electron chi connectivity index (χ4n) is 3.68. The molecule has 0 spiro atoms. The van der Waals surface area contributed by atoms with Crippen molar-refractivity contribution in [2.45, 2.75) is 70.3 Å². The summed E-state index contributed by atoms with van der Waals surface area (Å²) in [7, 11) is 3.54. The van der Waals surface area contributed by atoms with Crippen LogP contribution in [-0.4, -0.2) is 55.0 Å². The van der Waals surface area contributed by atoms with Crippen molar-refractivity contribution in [3.8, 4) is 0 Å². The Bertz CT molecular complexity index is 625. The van der Waals surface area contributed by atoms with E-state index in [2.05, 4.69) is 15.6 Å². The van der Waals surface area contributed by atoms with Gasteiger partial charge >= 0.3 is 0 Å². The number of likely N-dealkylation sites (N-methyl/N-ethyl adjacent to an activating group) is 1. The largest absolute Gasteiger partial charge is 0.356 e. The van der Waals surface area contributed by atoms with E-state index in [9.17, 15) is 4.79 Å². The van der Waals surface area contributed by atoms with Crippen LogP contribution in [0.3, 0.4) is 0 Å². The van der Waals surface area contributed by atoms with E-state index >= 15 is 0 Å². The molecule has 0 saturated heterocycles. The van der Waals surface area contributed by atoms with Crippen LogP contribution in [0.1, 0.15) is 60.5 Å². The molecule has 0 unspecified atom stereocenters. The highest BCUT2D eigenvalue weighted by Crippen LogP contribution is 2.26. The van der Waals surface area contributed by atoms with Gasteiger partial charge < -0.3 is 15.5 Å². The number of hydrogen-bond acceptors (Lipinski definition) is 4. The number of aryl methyl sites for hydroxylation is 2. The molecular weight excluding hydrogens is 358 g/mol. The molecule has 3 rings (SSSR count). The molecule has 0 bridgehead atoms. The molecule has 1 heterocycles. The Morgan fingerprint density at radius 2 is 1.96 bits per heavy atom. The second-order valence-electron chi connectivity index (χ2n) is 7.79. The number of aromatic nitrogens is 1. The summed E-state index contributed by atoms with van der Waals surface area (Å²) in [6.07, 6.45) is 12.0. The molecule has 0 aliphatic heterocycles. The first-order valence-electron chi connectivity index (χ1n) is 10.3. The lowest BCUT2D eigenvalue weighted by Gasteiger charge is -2.25. The number of rotatable bonds is 6. The van der Waals surface area contributed by atoms with E-state index in [1.54, 1.807) is 19.0 Å². The number of fused-ring (bicyclic) bond motifs is 1. The first-order chi connectivity index (χ1) is 13.1. The second-order valence-corrected chi connectivity index (χ2v) is 8.96. The smallest absolute Gasteiger partial charge is 0.243 e. The van der Waals surface area contributed by atoms with Crippen molar-refractivity contribution in [2.24, 2.45) is 4.99 Å². The van der Waals surface area contributed by atoms with Gasteiger partial charge in [0, 0.05) is 38.0 Å². The highest BCUT2D eigenvalue weighted by Gasteiger charge is 2.17. The Morgan fingerprint density at radius 3 is 2.70 bits per heavy atom. The van der Waals surface area contributed by atoms with E-state index in [0.717, 1.165) is 25.3 Å². The van der Waals surface area contributed by atoms with E-state index in [4.69, 9.17) is 4.98 Å². The summed E-state index contributed by atoms with van der Waals surface area (Å²) in [5.74, 6) is 0.783. The van der Waals surface area contributed by atoms with Gasteiger partial charge in [-0.25, -0.2) is 9.98 Å². The van der Waals surface area contributed by atoms with Gasteiger partial charge in [-0.15, -0.1) is 11.3 Å². The number of thiazole rings is 1. The topological polar surface area (TPSA) is 69.6 Å². The maximum Gasteiger partial charge on any atom is 0.243 e. The van der Waals surface area contributed by atoms with Crippen LogP contribution in [0.4, 0.5) is 0 Å². The van der Waals surface area contributed by atoms with Gasteiger partial charge in [0.1, 0.15) is 6.54 Å². The number of carbonyl (C=O) groups excluding carboxylic acids is 1. The fourth-order valence-corrected chi connectivity index (χ4v) is 4.84. The minimum atomic E-state index is 0.0207. The standard InChI is InChI=1S/C20H33N5OS/c1-25(2)19(26)14-22-20(23-15-8-4-3-5-9-15)21-13-12-18-24-16-10-6-7-11-17(16)27-18/h15H,3-14H2,1-2H3,(H2,21,22,23). The van der Waals surface area contributed by atoms with Crippen molar-refractivity contribution < 1.29 is 4.79 Å². The molecular formula is C20H33N5OS. The van der Waals surface area contributed by atoms with Gasteiger partial charge in [0.15, 0.2) is 5.96 Å². The molecule has 6 nitrogen and oxygen atoms in total. The zero-order valence-electron chi connectivity index (χ0n) is 16.7. The van der Waals surface area contributed by atoms with Crippen molar-refractivity contribution in [1.82, 2.24) is 20.5 Å². The Morgan fingerprint density at radius 1 is 1.19 bits per heavy atom. The lowest BCUT2D eigenvalue weighted by molar-refractivity contribution is -0.127. The van der Waals surface area contributed by atoms with Crippen molar-refractivity contribution in [3.05, 3.63) is 15.6 Å². The lowest BCUT2D eigenvalue weighted by atomic mass is 9.96. The van der Waals surface area contributed by atoms with Gasteiger partial charge in [0.05, 0.1) is 10.7 Å². The van der Waals surface area contributed by atoms with E-state index < -0.39 is 0 Å². The Labute approximate surface area is 166 Å². The SMILES string of the molecule is CN(C)C(=O)CN=C(NCCc1nc2c(s1)CCCC2)NC1CCCCC1. The van der Waals surface area contributed by atoms with Gasteiger partial charge in [0.2, 0.25) is 5.91 Å². The number of nitrogens with one attached hydrogen (secondary N) is 2. The average molecular weight is 392 g/mol. The molecule has 0 atom stereocenters. The predicted molar refractivity (Wildman–Crippen MR) is 111 cm³/mol. The van der Waals surface area contributed by atoms with E-state index in [-0.39, 0.29) is 12.5 Å².